The van der Waals surface area contributed by atoms with Gasteiger partial charge in [-0.2, -0.15) is 0 Å². The Balaban J connectivity index is 0.668. The van der Waals surface area contributed by atoms with Crippen LogP contribution in [-0.4, -0.2) is 48.7 Å². The second-order valence-electron chi connectivity index (χ2n) is 28.4. The average Bonchev–Trinajstić information content (AvgIpc) is 1.64. The third kappa shape index (κ3) is 8.86. The fourth-order valence-electron chi connectivity index (χ4n) is 17.6. The summed E-state index contributed by atoms with van der Waals surface area (Å²) in [4.78, 5) is 43.3. The highest BCUT2D eigenvalue weighted by atomic mass is 16.3. The lowest BCUT2D eigenvalue weighted by Gasteiger charge is -2.15. The number of imidazole rings is 2. The zero-order valence-corrected chi connectivity index (χ0v) is 58.1. The van der Waals surface area contributed by atoms with Gasteiger partial charge in [0.05, 0.1) is 33.1 Å². The molecule has 11 heteroatoms. The Morgan fingerprint density at radius 3 is 1.13 bits per heavy atom. The number of benzene rings is 17. The maximum absolute atomic E-state index is 6.52. The molecule has 0 saturated carbocycles. The SMILES string of the molecule is c1ccc(-c2nc(-c3ccc4c5ccccc5c5cc(-c6ccc7nc8c9ccccc9c9c(-c%10nc(-c%11ccc%12c%13ccccc%13c%13ccccc%13c%12c%11)nc(-c%11cccc%12oc%13ccccc%13c%11%12)n%10)cccc9n8c7c6)ccc5c4c3)nc(-c3ccc4nc5c6ccccc6c6ccccc6n5c4c3)n2)cc1. The second kappa shape index (κ2) is 22.8. The highest BCUT2D eigenvalue weighted by Crippen LogP contribution is 2.45. The Morgan fingerprint density at radius 1 is 0.183 bits per heavy atom. The van der Waals surface area contributed by atoms with E-state index in [1.54, 1.807) is 0 Å². The highest BCUT2D eigenvalue weighted by molar-refractivity contribution is 6.28. The minimum absolute atomic E-state index is 0.546. The molecule has 109 heavy (non-hydrogen) atoms. The van der Waals surface area contributed by atoms with Crippen molar-refractivity contribution in [2.24, 2.45) is 0 Å². The Kier molecular flexibility index (Phi) is 12.4. The summed E-state index contributed by atoms with van der Waals surface area (Å²) in [5, 5.41) is 22.4. The summed E-state index contributed by atoms with van der Waals surface area (Å²) in [7, 11) is 0. The lowest BCUT2D eigenvalue weighted by Crippen LogP contribution is -2.02. The number of aromatic nitrogens is 10. The van der Waals surface area contributed by atoms with E-state index in [2.05, 4.69) is 294 Å². The molecule has 0 atom stereocenters. The fraction of sp³-hybridized carbons (Fsp3) is 0. The van der Waals surface area contributed by atoms with Crippen molar-refractivity contribution in [3.8, 4) is 79.5 Å². The summed E-state index contributed by atoms with van der Waals surface area (Å²) < 4.78 is 11.1. The molecule has 7 heterocycles. The molecule has 0 aliphatic heterocycles. The van der Waals surface area contributed by atoms with Crippen molar-refractivity contribution in [2.75, 3.05) is 0 Å². The molecular formula is C98H54N10O. The van der Waals surface area contributed by atoms with Crippen LogP contribution in [0.3, 0.4) is 0 Å². The van der Waals surface area contributed by atoms with Crippen LogP contribution in [0.2, 0.25) is 0 Å². The molecular weight excluding hydrogens is 1330 g/mol. The van der Waals surface area contributed by atoms with Gasteiger partial charge in [-0.1, -0.05) is 255 Å². The van der Waals surface area contributed by atoms with Crippen LogP contribution < -0.4 is 0 Å². The molecule has 502 valence electrons. The van der Waals surface area contributed by atoms with Gasteiger partial charge in [0.25, 0.3) is 0 Å². The summed E-state index contributed by atoms with van der Waals surface area (Å²) >= 11 is 0. The minimum Gasteiger partial charge on any atom is -0.456 e. The topological polar surface area (TPSA) is 125 Å². The van der Waals surface area contributed by atoms with E-state index in [0.717, 1.165) is 165 Å². The summed E-state index contributed by atoms with van der Waals surface area (Å²) in [6.45, 7) is 0. The molecule has 11 nitrogen and oxygen atoms in total. The van der Waals surface area contributed by atoms with Crippen LogP contribution in [-0.2, 0) is 0 Å². The molecule has 0 saturated heterocycles. The van der Waals surface area contributed by atoms with E-state index < -0.39 is 0 Å². The number of nitrogens with zero attached hydrogens (tertiary/aromatic N) is 10. The van der Waals surface area contributed by atoms with Crippen LogP contribution in [0.25, 0.3) is 243 Å². The van der Waals surface area contributed by atoms with E-state index >= 15 is 0 Å². The van der Waals surface area contributed by atoms with Crippen molar-refractivity contribution in [3.63, 3.8) is 0 Å². The van der Waals surface area contributed by atoms with Crippen molar-refractivity contribution < 1.29 is 4.42 Å². The van der Waals surface area contributed by atoms with Gasteiger partial charge in [0, 0.05) is 65.7 Å². The van der Waals surface area contributed by atoms with Gasteiger partial charge >= 0.3 is 0 Å². The van der Waals surface area contributed by atoms with E-state index in [4.69, 9.17) is 44.3 Å². The first kappa shape index (κ1) is 59.4. The van der Waals surface area contributed by atoms with Crippen molar-refractivity contribution in [2.45, 2.75) is 0 Å². The monoisotopic (exact) mass is 1390 g/mol. The van der Waals surface area contributed by atoms with Gasteiger partial charge in [0.1, 0.15) is 22.5 Å². The number of hydrogen-bond acceptors (Lipinski definition) is 9. The predicted octanol–water partition coefficient (Wildman–Crippen LogP) is 24.8. The fourth-order valence-corrected chi connectivity index (χ4v) is 17.6. The molecule has 0 spiro atoms. The number of hydrogen-bond donors (Lipinski definition) is 0. The molecule has 17 aromatic carbocycles. The number of pyridine rings is 2. The van der Waals surface area contributed by atoms with Crippen molar-refractivity contribution in [3.05, 3.63) is 328 Å². The van der Waals surface area contributed by atoms with E-state index in [0.29, 0.717) is 34.9 Å². The van der Waals surface area contributed by atoms with E-state index in [-0.39, 0.29) is 0 Å². The second-order valence-corrected chi connectivity index (χ2v) is 28.4. The standard InChI is InChI=1S/C98H54N10O/c1-2-20-55(21-3-1)91-101-92(103-94(102-91)60-44-49-82-86(54-60)107-83-36-16-14-29-71(83)67-28-10-12-31-73(67)97(107)99-82)58-41-47-69-64-25-7-9-27-66(64)78-50-56(40-45-70(78)80(69)52-58)57-43-48-81-85(53-57)108-84-37-18-34-76(89(84)72-30-11-13-32-74(72)98(108)100-81)95-104-93(105-96(106-95)77-35-19-39-88-90(77)75-33-15-17-38-87(75)109-88)59-42-46-68-63-24-5-4-22-61(63)62-23-6-8-26-65(62)79(68)51-59/h1-54H. The van der Waals surface area contributed by atoms with Crippen LogP contribution in [0.1, 0.15) is 0 Å². The van der Waals surface area contributed by atoms with Gasteiger partial charge in [-0.05, 0) is 159 Å². The zero-order chi connectivity index (χ0) is 71.1. The normalized spacial score (nSPS) is 12.2. The van der Waals surface area contributed by atoms with Crippen LogP contribution in [0.4, 0.5) is 0 Å². The first-order valence-electron chi connectivity index (χ1n) is 36.7. The van der Waals surface area contributed by atoms with Gasteiger partial charge < -0.3 is 4.42 Å². The number of para-hydroxylation sites is 2. The summed E-state index contributed by atoms with van der Waals surface area (Å²) in [6.07, 6.45) is 0. The van der Waals surface area contributed by atoms with Crippen LogP contribution in [0.15, 0.2) is 332 Å². The number of rotatable bonds is 7. The maximum Gasteiger partial charge on any atom is 0.164 e. The van der Waals surface area contributed by atoms with E-state index in [9.17, 15) is 0 Å². The molecule has 0 aliphatic carbocycles. The largest absolute Gasteiger partial charge is 0.456 e. The average molecular weight is 1390 g/mol. The first-order chi connectivity index (χ1) is 54.0. The predicted molar refractivity (Wildman–Crippen MR) is 446 cm³/mol. The smallest absolute Gasteiger partial charge is 0.164 e. The van der Waals surface area contributed by atoms with Crippen LogP contribution in [0.5, 0.6) is 0 Å². The van der Waals surface area contributed by atoms with Gasteiger partial charge in [-0.15, -0.1) is 0 Å². The third-order valence-corrected chi connectivity index (χ3v) is 22.5. The van der Waals surface area contributed by atoms with Crippen molar-refractivity contribution in [1.82, 2.24) is 48.7 Å². The Bertz CT molecular complexity index is 8100. The van der Waals surface area contributed by atoms with Crippen LogP contribution >= 0.6 is 0 Å². The van der Waals surface area contributed by atoms with Crippen LogP contribution in [0, 0.1) is 0 Å². The molecule has 0 aliphatic rings. The number of fused-ring (bicyclic) bond motifs is 31. The molecule has 24 rings (SSSR count). The molecule has 0 unspecified atom stereocenters. The van der Waals surface area contributed by atoms with Gasteiger partial charge in [-0.25, -0.2) is 39.9 Å². The quantitative estimate of drug-likeness (QED) is 0.143. The van der Waals surface area contributed by atoms with Gasteiger partial charge in [-0.3, -0.25) is 8.80 Å². The Labute approximate surface area is 619 Å². The molecule has 0 bridgehead atoms. The Morgan fingerprint density at radius 2 is 0.532 bits per heavy atom. The van der Waals surface area contributed by atoms with E-state index in [1.807, 2.05) is 42.5 Å². The molecule has 0 radical (unpaired) electrons. The summed E-state index contributed by atoms with van der Waals surface area (Å²) in [5.74, 6) is 3.40. The highest BCUT2D eigenvalue weighted by Gasteiger charge is 2.25. The molecule has 0 N–H and O–H groups in total. The Hall–Kier alpha value is -14.9. The first-order valence-corrected chi connectivity index (χ1v) is 36.7. The molecule has 24 aromatic rings. The summed E-state index contributed by atoms with van der Waals surface area (Å²) in [5.41, 5.74) is 16.5. The summed E-state index contributed by atoms with van der Waals surface area (Å²) in [6, 6.07) is 116. The van der Waals surface area contributed by atoms with Gasteiger partial charge in [0.2, 0.25) is 0 Å². The molecule has 0 fully saturated rings. The minimum atomic E-state index is 0.546. The van der Waals surface area contributed by atoms with Crippen molar-refractivity contribution >= 4 is 163 Å². The van der Waals surface area contributed by atoms with Crippen molar-refractivity contribution in [1.29, 1.82) is 0 Å². The lowest BCUT2D eigenvalue weighted by atomic mass is 9.91. The van der Waals surface area contributed by atoms with E-state index in [1.165, 1.54) is 43.1 Å². The number of furan rings is 1. The molecule has 0 amide bonds. The molecule has 7 aromatic heterocycles. The zero-order valence-electron chi connectivity index (χ0n) is 58.1. The third-order valence-electron chi connectivity index (χ3n) is 22.5. The van der Waals surface area contributed by atoms with Gasteiger partial charge in [0.15, 0.2) is 34.9 Å². The maximum atomic E-state index is 6.52. The lowest BCUT2D eigenvalue weighted by molar-refractivity contribution is 0.669.